The predicted molar refractivity (Wildman–Crippen MR) is 127 cm³/mol. The Bertz CT molecular complexity index is 985. The third-order valence-corrected chi connectivity index (χ3v) is 7.39. The Kier molecular flexibility index (Phi) is 6.11. The number of rotatable bonds is 5. The summed E-state index contributed by atoms with van der Waals surface area (Å²) in [4.78, 5) is 31.1. The number of nitrogens with zero attached hydrogens (tertiary/aromatic N) is 2. The molecule has 5 rings (SSSR count). The molecule has 32 heavy (non-hydrogen) atoms. The van der Waals surface area contributed by atoms with Crippen molar-refractivity contribution in [3.8, 4) is 0 Å². The summed E-state index contributed by atoms with van der Waals surface area (Å²) in [7, 11) is 0. The van der Waals surface area contributed by atoms with Gasteiger partial charge in [0.2, 0.25) is 0 Å². The molecule has 0 spiro atoms. The molecule has 2 aromatic rings. The standard InChI is InChI=1S/C28H32N2O2/c31-27-25(23-12-6-2-7-13-23)26(28(32)30(27)24-14-8-3-9-15-24)29-18-16-22(17-19-29)20-21-10-4-1-5-11-21/h1-2,4-7,10-13,22,24H,3,8-9,14-20H2. The molecule has 1 saturated heterocycles. The maximum Gasteiger partial charge on any atom is 0.278 e. The number of amides is 2. The third-order valence-electron chi connectivity index (χ3n) is 7.39. The van der Waals surface area contributed by atoms with Crippen molar-refractivity contribution in [3.05, 3.63) is 77.5 Å². The molecule has 2 aliphatic heterocycles. The minimum Gasteiger partial charge on any atom is -0.366 e. The molecule has 0 atom stereocenters. The van der Waals surface area contributed by atoms with E-state index in [1.807, 2.05) is 30.3 Å². The van der Waals surface area contributed by atoms with Crippen molar-refractivity contribution in [2.45, 2.75) is 57.4 Å². The zero-order valence-electron chi connectivity index (χ0n) is 18.7. The molecular formula is C28H32N2O2. The molecule has 166 valence electrons. The predicted octanol–water partition coefficient (Wildman–Crippen LogP) is 5.05. The number of hydrogen-bond acceptors (Lipinski definition) is 3. The number of piperidine rings is 1. The summed E-state index contributed by atoms with van der Waals surface area (Å²) in [5.74, 6) is 0.466. The van der Waals surface area contributed by atoms with Gasteiger partial charge in [0.25, 0.3) is 11.8 Å². The van der Waals surface area contributed by atoms with E-state index in [1.54, 1.807) is 4.90 Å². The fraction of sp³-hybridized carbons (Fsp3) is 0.429. The molecule has 0 N–H and O–H groups in total. The lowest BCUT2D eigenvalue weighted by atomic mass is 9.89. The van der Waals surface area contributed by atoms with Crippen LogP contribution < -0.4 is 0 Å². The van der Waals surface area contributed by atoms with Crippen LogP contribution in [0.15, 0.2) is 66.4 Å². The first kappa shape index (κ1) is 21.0. The van der Waals surface area contributed by atoms with Gasteiger partial charge in [-0.25, -0.2) is 0 Å². The molecule has 0 unspecified atom stereocenters. The van der Waals surface area contributed by atoms with E-state index in [2.05, 4.69) is 35.2 Å². The molecule has 1 saturated carbocycles. The van der Waals surface area contributed by atoms with Crippen molar-refractivity contribution in [1.82, 2.24) is 9.80 Å². The second kappa shape index (κ2) is 9.32. The van der Waals surface area contributed by atoms with Gasteiger partial charge in [-0.3, -0.25) is 14.5 Å². The summed E-state index contributed by atoms with van der Waals surface area (Å²) in [5.41, 5.74) is 3.50. The van der Waals surface area contributed by atoms with Crippen LogP contribution in [-0.2, 0) is 16.0 Å². The fourth-order valence-electron chi connectivity index (χ4n) is 5.67. The normalized spacial score (nSPS) is 21.0. The summed E-state index contributed by atoms with van der Waals surface area (Å²) < 4.78 is 0. The van der Waals surface area contributed by atoms with Gasteiger partial charge >= 0.3 is 0 Å². The van der Waals surface area contributed by atoms with E-state index in [4.69, 9.17) is 0 Å². The van der Waals surface area contributed by atoms with Crippen LogP contribution >= 0.6 is 0 Å². The highest BCUT2D eigenvalue weighted by Crippen LogP contribution is 2.37. The summed E-state index contributed by atoms with van der Waals surface area (Å²) in [6.07, 6.45) is 8.45. The van der Waals surface area contributed by atoms with Gasteiger partial charge in [0.1, 0.15) is 5.70 Å². The summed E-state index contributed by atoms with van der Waals surface area (Å²) >= 11 is 0. The van der Waals surface area contributed by atoms with Crippen molar-refractivity contribution < 1.29 is 9.59 Å². The van der Waals surface area contributed by atoms with Gasteiger partial charge < -0.3 is 4.90 Å². The molecule has 2 fully saturated rings. The summed E-state index contributed by atoms with van der Waals surface area (Å²) in [6.45, 7) is 1.67. The van der Waals surface area contributed by atoms with E-state index in [0.29, 0.717) is 17.2 Å². The van der Waals surface area contributed by atoms with E-state index in [1.165, 1.54) is 12.0 Å². The first-order valence-corrected chi connectivity index (χ1v) is 12.2. The summed E-state index contributed by atoms with van der Waals surface area (Å²) in [5, 5.41) is 0. The van der Waals surface area contributed by atoms with Crippen LogP contribution in [-0.4, -0.2) is 40.7 Å². The molecule has 2 aromatic carbocycles. The molecule has 3 aliphatic rings. The molecule has 0 radical (unpaired) electrons. The Morgan fingerprint density at radius 2 is 1.34 bits per heavy atom. The quantitative estimate of drug-likeness (QED) is 0.626. The van der Waals surface area contributed by atoms with Crippen LogP contribution in [0.4, 0.5) is 0 Å². The zero-order chi connectivity index (χ0) is 21.9. The van der Waals surface area contributed by atoms with E-state index in [-0.39, 0.29) is 17.9 Å². The van der Waals surface area contributed by atoms with Crippen molar-refractivity contribution >= 4 is 17.4 Å². The smallest absolute Gasteiger partial charge is 0.278 e. The number of likely N-dealkylation sites (tertiary alicyclic amines) is 1. The zero-order valence-corrected chi connectivity index (χ0v) is 18.7. The van der Waals surface area contributed by atoms with E-state index in [9.17, 15) is 9.59 Å². The lowest BCUT2D eigenvalue weighted by Crippen LogP contribution is -2.44. The Morgan fingerprint density at radius 1 is 0.719 bits per heavy atom. The van der Waals surface area contributed by atoms with Gasteiger partial charge in [0, 0.05) is 19.1 Å². The highest BCUT2D eigenvalue weighted by Gasteiger charge is 2.45. The topological polar surface area (TPSA) is 40.6 Å². The van der Waals surface area contributed by atoms with Gasteiger partial charge in [-0.1, -0.05) is 79.9 Å². The third kappa shape index (κ3) is 4.11. The van der Waals surface area contributed by atoms with E-state index in [0.717, 1.165) is 63.6 Å². The average Bonchev–Trinajstić information content (AvgIpc) is 3.11. The monoisotopic (exact) mass is 428 g/mol. The van der Waals surface area contributed by atoms with Crippen LogP contribution in [0.25, 0.3) is 5.57 Å². The van der Waals surface area contributed by atoms with Gasteiger partial charge in [0.05, 0.1) is 5.57 Å². The van der Waals surface area contributed by atoms with Crippen molar-refractivity contribution in [2.24, 2.45) is 5.92 Å². The lowest BCUT2D eigenvalue weighted by Gasteiger charge is -2.35. The van der Waals surface area contributed by atoms with Crippen LogP contribution in [0, 0.1) is 5.92 Å². The van der Waals surface area contributed by atoms with Crippen molar-refractivity contribution in [1.29, 1.82) is 0 Å². The maximum absolute atomic E-state index is 13.7. The van der Waals surface area contributed by atoms with Gasteiger partial charge in [-0.05, 0) is 49.1 Å². The Hall–Kier alpha value is -2.88. The molecule has 4 nitrogen and oxygen atoms in total. The average molecular weight is 429 g/mol. The molecule has 0 aromatic heterocycles. The molecule has 0 bridgehead atoms. The number of carbonyl (C=O) groups excluding carboxylic acids is 2. The summed E-state index contributed by atoms with van der Waals surface area (Å²) in [6, 6.07) is 20.5. The highest BCUT2D eigenvalue weighted by atomic mass is 16.2. The highest BCUT2D eigenvalue weighted by molar-refractivity contribution is 6.35. The van der Waals surface area contributed by atoms with Crippen molar-refractivity contribution in [2.75, 3.05) is 13.1 Å². The fourth-order valence-corrected chi connectivity index (χ4v) is 5.67. The lowest BCUT2D eigenvalue weighted by molar-refractivity contribution is -0.141. The van der Waals surface area contributed by atoms with Crippen LogP contribution in [0.2, 0.25) is 0 Å². The molecule has 2 heterocycles. The van der Waals surface area contributed by atoms with Crippen molar-refractivity contribution in [3.63, 3.8) is 0 Å². The number of benzene rings is 2. The SMILES string of the molecule is O=C1C(c2ccccc2)=C(N2CCC(Cc3ccccc3)CC2)C(=O)N1C1CCCCC1. The van der Waals surface area contributed by atoms with E-state index >= 15 is 0 Å². The Morgan fingerprint density at radius 3 is 2.00 bits per heavy atom. The van der Waals surface area contributed by atoms with Crippen LogP contribution in [0.5, 0.6) is 0 Å². The Labute approximate surface area is 190 Å². The number of hydrogen-bond donors (Lipinski definition) is 0. The Balaban J connectivity index is 1.39. The second-order valence-electron chi connectivity index (χ2n) is 9.48. The maximum atomic E-state index is 13.7. The van der Waals surface area contributed by atoms with Gasteiger partial charge in [0.15, 0.2) is 0 Å². The largest absolute Gasteiger partial charge is 0.366 e. The minimum absolute atomic E-state index is 0.0515. The molecule has 2 amide bonds. The first-order valence-electron chi connectivity index (χ1n) is 12.2. The van der Waals surface area contributed by atoms with E-state index < -0.39 is 0 Å². The minimum atomic E-state index is -0.0884. The molecule has 4 heteroatoms. The molecular weight excluding hydrogens is 396 g/mol. The first-order chi connectivity index (χ1) is 15.7. The van der Waals surface area contributed by atoms with Crippen LogP contribution in [0.1, 0.15) is 56.1 Å². The second-order valence-corrected chi connectivity index (χ2v) is 9.48. The van der Waals surface area contributed by atoms with Gasteiger partial charge in [-0.15, -0.1) is 0 Å². The number of imide groups is 1. The molecule has 1 aliphatic carbocycles. The van der Waals surface area contributed by atoms with Gasteiger partial charge in [-0.2, -0.15) is 0 Å². The number of carbonyl (C=O) groups is 2. The van der Waals surface area contributed by atoms with Crippen LogP contribution in [0.3, 0.4) is 0 Å².